The number of pyridine rings is 1. The van der Waals surface area contributed by atoms with Gasteiger partial charge in [0, 0.05) is 25.8 Å². The molecule has 0 aliphatic carbocycles. The second-order valence-electron chi connectivity index (χ2n) is 4.75. The van der Waals surface area contributed by atoms with E-state index in [0.717, 1.165) is 43.9 Å². The number of nitrogen functional groups attached to an aromatic ring is 1. The molecule has 0 amide bonds. The summed E-state index contributed by atoms with van der Waals surface area (Å²) >= 11 is 0. The van der Waals surface area contributed by atoms with Gasteiger partial charge in [-0.2, -0.15) is 0 Å². The van der Waals surface area contributed by atoms with E-state index >= 15 is 0 Å². The second kappa shape index (κ2) is 7.40. The van der Waals surface area contributed by atoms with Crippen LogP contribution in [-0.2, 0) is 11.3 Å². The molecule has 106 valence electrons. The molecule has 2 rings (SSSR count). The minimum atomic E-state index is 0.100. The Bertz CT molecular complexity index is 381. The number of anilines is 1. The minimum absolute atomic E-state index is 0.100. The summed E-state index contributed by atoms with van der Waals surface area (Å²) in [5, 5.41) is 8.73. The van der Waals surface area contributed by atoms with Crippen LogP contribution >= 0.6 is 0 Å². The van der Waals surface area contributed by atoms with Gasteiger partial charge in [0.25, 0.3) is 0 Å². The first-order chi connectivity index (χ1) is 9.31. The van der Waals surface area contributed by atoms with Gasteiger partial charge in [-0.05, 0) is 25.0 Å². The van der Waals surface area contributed by atoms with E-state index in [0.29, 0.717) is 6.61 Å². The molecule has 1 aromatic heterocycles. The van der Waals surface area contributed by atoms with E-state index in [1.807, 2.05) is 12.1 Å². The molecule has 0 aromatic carbocycles. The molecule has 0 saturated carbocycles. The van der Waals surface area contributed by atoms with Crippen molar-refractivity contribution in [3.05, 3.63) is 24.0 Å². The Morgan fingerprint density at radius 2 is 2.26 bits per heavy atom. The van der Waals surface area contributed by atoms with Gasteiger partial charge in [0.05, 0.1) is 30.7 Å². The number of hydrogen-bond acceptors (Lipinski definition) is 6. The standard InChI is InChI=1S/C13H22N4O2/c14-16-11-1-4-15-12(9-11)10-17-5-2-13(3-6-17)19-8-7-18/h1,4,9,13,18H,2-3,5-8,10,14H2,(H,15,16). The number of ether oxygens (including phenoxy) is 1. The van der Waals surface area contributed by atoms with Crippen LogP contribution in [0, 0.1) is 0 Å². The van der Waals surface area contributed by atoms with Crippen LogP contribution < -0.4 is 11.3 Å². The molecule has 0 atom stereocenters. The summed E-state index contributed by atoms with van der Waals surface area (Å²) in [7, 11) is 0. The summed E-state index contributed by atoms with van der Waals surface area (Å²) in [6.07, 6.45) is 4.07. The van der Waals surface area contributed by atoms with E-state index in [1.54, 1.807) is 6.20 Å². The fourth-order valence-corrected chi connectivity index (χ4v) is 2.34. The molecule has 6 nitrogen and oxygen atoms in total. The molecule has 0 spiro atoms. The molecule has 0 radical (unpaired) electrons. The van der Waals surface area contributed by atoms with Gasteiger partial charge in [0.15, 0.2) is 0 Å². The molecule has 0 unspecified atom stereocenters. The van der Waals surface area contributed by atoms with Crippen LogP contribution in [0.4, 0.5) is 5.69 Å². The predicted molar refractivity (Wildman–Crippen MR) is 73.4 cm³/mol. The van der Waals surface area contributed by atoms with Crippen LogP contribution in [0.3, 0.4) is 0 Å². The van der Waals surface area contributed by atoms with Crippen molar-refractivity contribution in [2.75, 3.05) is 31.7 Å². The average Bonchev–Trinajstić information content (AvgIpc) is 2.47. The van der Waals surface area contributed by atoms with E-state index in [1.165, 1.54) is 0 Å². The third-order valence-electron chi connectivity index (χ3n) is 3.35. The highest BCUT2D eigenvalue weighted by molar-refractivity contribution is 5.41. The van der Waals surface area contributed by atoms with Crippen molar-refractivity contribution >= 4 is 5.69 Å². The fourth-order valence-electron chi connectivity index (χ4n) is 2.34. The van der Waals surface area contributed by atoms with E-state index in [4.69, 9.17) is 15.7 Å². The summed E-state index contributed by atoms with van der Waals surface area (Å²) < 4.78 is 5.55. The number of aliphatic hydroxyl groups is 1. The number of piperidine rings is 1. The molecule has 6 heteroatoms. The molecule has 1 aliphatic rings. The molecule has 19 heavy (non-hydrogen) atoms. The number of nitrogens with one attached hydrogen (secondary N) is 1. The van der Waals surface area contributed by atoms with Crippen molar-refractivity contribution in [2.45, 2.75) is 25.5 Å². The van der Waals surface area contributed by atoms with Gasteiger partial charge in [-0.15, -0.1) is 0 Å². The molecule has 1 fully saturated rings. The monoisotopic (exact) mass is 266 g/mol. The first-order valence-electron chi connectivity index (χ1n) is 6.68. The number of nitrogens with zero attached hydrogens (tertiary/aromatic N) is 2. The molecular weight excluding hydrogens is 244 g/mol. The van der Waals surface area contributed by atoms with E-state index in [9.17, 15) is 0 Å². The van der Waals surface area contributed by atoms with Crippen molar-refractivity contribution in [1.29, 1.82) is 0 Å². The molecule has 2 heterocycles. The van der Waals surface area contributed by atoms with Crippen molar-refractivity contribution in [2.24, 2.45) is 5.84 Å². The Morgan fingerprint density at radius 1 is 1.47 bits per heavy atom. The zero-order valence-corrected chi connectivity index (χ0v) is 11.1. The smallest absolute Gasteiger partial charge is 0.0701 e. The van der Waals surface area contributed by atoms with Crippen molar-refractivity contribution < 1.29 is 9.84 Å². The van der Waals surface area contributed by atoms with Gasteiger partial charge in [-0.25, -0.2) is 0 Å². The summed E-state index contributed by atoms with van der Waals surface area (Å²) in [6, 6.07) is 3.81. The molecule has 4 N–H and O–H groups in total. The molecular formula is C13H22N4O2. The summed E-state index contributed by atoms with van der Waals surface area (Å²) in [4.78, 5) is 6.71. The molecule has 0 bridgehead atoms. The van der Waals surface area contributed by atoms with Crippen molar-refractivity contribution in [3.8, 4) is 0 Å². The molecule has 1 saturated heterocycles. The maximum Gasteiger partial charge on any atom is 0.0701 e. The number of rotatable bonds is 6. The van der Waals surface area contributed by atoms with E-state index in [-0.39, 0.29) is 12.7 Å². The fraction of sp³-hybridized carbons (Fsp3) is 0.615. The van der Waals surface area contributed by atoms with Crippen LogP contribution in [0.1, 0.15) is 18.5 Å². The Hall–Kier alpha value is -1.21. The molecule has 1 aliphatic heterocycles. The number of hydrogen-bond donors (Lipinski definition) is 3. The number of aliphatic hydroxyl groups excluding tert-OH is 1. The van der Waals surface area contributed by atoms with Gasteiger partial charge in [-0.3, -0.25) is 15.7 Å². The van der Waals surface area contributed by atoms with Crippen LogP contribution in [0.5, 0.6) is 0 Å². The Labute approximate surface area is 113 Å². The van der Waals surface area contributed by atoms with Crippen LogP contribution in [-0.4, -0.2) is 47.4 Å². The van der Waals surface area contributed by atoms with Gasteiger partial charge >= 0.3 is 0 Å². The van der Waals surface area contributed by atoms with Crippen LogP contribution in [0.25, 0.3) is 0 Å². The van der Waals surface area contributed by atoms with Gasteiger partial charge in [-0.1, -0.05) is 0 Å². The second-order valence-corrected chi connectivity index (χ2v) is 4.75. The maximum absolute atomic E-state index is 8.73. The molecule has 1 aromatic rings. The minimum Gasteiger partial charge on any atom is -0.394 e. The quantitative estimate of drug-likeness (QED) is 0.509. The highest BCUT2D eigenvalue weighted by atomic mass is 16.5. The predicted octanol–water partition coefficient (Wildman–Crippen LogP) is 0.341. The van der Waals surface area contributed by atoms with Crippen molar-refractivity contribution in [3.63, 3.8) is 0 Å². The maximum atomic E-state index is 8.73. The third-order valence-corrected chi connectivity index (χ3v) is 3.35. The first kappa shape index (κ1) is 14.2. The summed E-state index contributed by atoms with van der Waals surface area (Å²) in [5.41, 5.74) is 4.53. The first-order valence-corrected chi connectivity index (χ1v) is 6.68. The average molecular weight is 266 g/mol. The number of aromatic nitrogens is 1. The summed E-state index contributed by atoms with van der Waals surface area (Å²) in [6.45, 7) is 3.37. The van der Waals surface area contributed by atoms with Gasteiger partial charge in [0.2, 0.25) is 0 Å². The lowest BCUT2D eigenvalue weighted by Gasteiger charge is -2.31. The zero-order valence-electron chi connectivity index (χ0n) is 11.1. The number of likely N-dealkylation sites (tertiary alicyclic amines) is 1. The Morgan fingerprint density at radius 3 is 2.95 bits per heavy atom. The highest BCUT2D eigenvalue weighted by Gasteiger charge is 2.19. The van der Waals surface area contributed by atoms with Crippen LogP contribution in [0.15, 0.2) is 18.3 Å². The Kier molecular flexibility index (Phi) is 5.53. The van der Waals surface area contributed by atoms with E-state index < -0.39 is 0 Å². The Balaban J connectivity index is 1.78. The van der Waals surface area contributed by atoms with Crippen LogP contribution in [0.2, 0.25) is 0 Å². The van der Waals surface area contributed by atoms with Gasteiger partial charge in [0.1, 0.15) is 0 Å². The SMILES string of the molecule is NNc1ccnc(CN2CCC(OCCO)CC2)c1. The van der Waals surface area contributed by atoms with E-state index in [2.05, 4.69) is 15.3 Å². The normalized spacial score (nSPS) is 17.6. The number of hydrazine groups is 1. The lowest BCUT2D eigenvalue weighted by molar-refractivity contribution is -0.00918. The van der Waals surface area contributed by atoms with Crippen molar-refractivity contribution in [1.82, 2.24) is 9.88 Å². The third kappa shape index (κ3) is 4.43. The van der Waals surface area contributed by atoms with Gasteiger partial charge < -0.3 is 15.3 Å². The largest absolute Gasteiger partial charge is 0.394 e. The number of nitrogens with two attached hydrogens (primary N) is 1. The summed E-state index contributed by atoms with van der Waals surface area (Å²) in [5.74, 6) is 5.39. The lowest BCUT2D eigenvalue weighted by Crippen LogP contribution is -2.37. The topological polar surface area (TPSA) is 83.6 Å². The highest BCUT2D eigenvalue weighted by Crippen LogP contribution is 2.16. The lowest BCUT2D eigenvalue weighted by atomic mass is 10.1. The zero-order chi connectivity index (χ0) is 13.5.